The Morgan fingerprint density at radius 1 is 1.19 bits per heavy atom. The monoisotopic (exact) mass is 416 g/mol. The Morgan fingerprint density at radius 3 is 2.44 bits per heavy atom. The van der Waals surface area contributed by atoms with Crippen LogP contribution in [0.15, 0.2) is 35.5 Å². The van der Waals surface area contributed by atoms with Gasteiger partial charge in [0.1, 0.15) is 11.2 Å². The Morgan fingerprint density at radius 2 is 1.85 bits per heavy atom. The maximum Gasteiger partial charge on any atom is 0.333 e. The second kappa shape index (κ2) is 7.24. The molecule has 0 spiro atoms. The molecule has 8 nitrogen and oxygen atoms in total. The van der Waals surface area contributed by atoms with Crippen LogP contribution < -0.4 is 4.72 Å². The number of aromatic nitrogens is 5. The van der Waals surface area contributed by atoms with Crippen LogP contribution in [0.2, 0.25) is 5.02 Å². The predicted octanol–water partition coefficient (Wildman–Crippen LogP) is 2.99. The molecule has 0 aliphatic carbocycles. The van der Waals surface area contributed by atoms with Gasteiger partial charge in [-0.15, -0.1) is 5.10 Å². The van der Waals surface area contributed by atoms with Crippen LogP contribution in [0, 0.1) is 13.8 Å². The first-order chi connectivity index (χ1) is 12.7. The molecule has 2 aromatic heterocycles. The molecule has 1 N–H and O–H groups in total. The Bertz CT molecular complexity index is 1060. The highest BCUT2D eigenvalue weighted by molar-refractivity contribution is 7.92. The Balaban J connectivity index is 1.81. The largest absolute Gasteiger partial charge is 0.333 e. The summed E-state index contributed by atoms with van der Waals surface area (Å²) < 4.78 is 55.0. The maximum atomic E-state index is 12.9. The van der Waals surface area contributed by atoms with Gasteiger partial charge in [-0.05, 0) is 31.5 Å². The quantitative estimate of drug-likeness (QED) is 0.666. The fourth-order valence-electron chi connectivity index (χ4n) is 2.59. The van der Waals surface area contributed by atoms with Crippen molar-refractivity contribution in [3.05, 3.63) is 52.6 Å². The van der Waals surface area contributed by atoms with Crippen molar-refractivity contribution in [1.29, 1.82) is 0 Å². The number of hydrogen-bond donors (Lipinski definition) is 1. The number of sulfonamides is 1. The summed E-state index contributed by atoms with van der Waals surface area (Å²) in [5.74, 6) is -0.174. The predicted molar refractivity (Wildman–Crippen MR) is 94.3 cm³/mol. The zero-order valence-electron chi connectivity index (χ0n) is 14.3. The Kier molecular flexibility index (Phi) is 5.16. The van der Waals surface area contributed by atoms with Gasteiger partial charge in [-0.25, -0.2) is 22.5 Å². The van der Waals surface area contributed by atoms with E-state index in [1.165, 1.54) is 24.9 Å². The Labute approximate surface area is 158 Å². The van der Waals surface area contributed by atoms with Gasteiger partial charge in [-0.2, -0.15) is 18.9 Å². The van der Waals surface area contributed by atoms with E-state index in [1.807, 2.05) is 0 Å². The van der Waals surface area contributed by atoms with Crippen LogP contribution in [0.5, 0.6) is 0 Å². The lowest BCUT2D eigenvalue weighted by molar-refractivity contribution is 0.0538. The van der Waals surface area contributed by atoms with E-state index in [4.69, 9.17) is 11.6 Å². The summed E-state index contributed by atoms with van der Waals surface area (Å²) in [4.78, 5) is 3.58. The van der Waals surface area contributed by atoms with Gasteiger partial charge in [-0.1, -0.05) is 23.7 Å². The van der Waals surface area contributed by atoms with Crippen LogP contribution in [-0.4, -0.2) is 33.0 Å². The van der Waals surface area contributed by atoms with Gasteiger partial charge in [0.05, 0.1) is 17.9 Å². The van der Waals surface area contributed by atoms with E-state index in [0.717, 1.165) is 5.56 Å². The summed E-state index contributed by atoms with van der Waals surface area (Å²) in [6, 6.07) is 7.06. The van der Waals surface area contributed by atoms with Crippen LogP contribution in [0.3, 0.4) is 0 Å². The number of hydrogen-bond acceptors (Lipinski definition) is 5. The van der Waals surface area contributed by atoms with Gasteiger partial charge in [0, 0.05) is 5.02 Å². The highest BCUT2D eigenvalue weighted by atomic mass is 35.5. The summed E-state index contributed by atoms with van der Waals surface area (Å²) in [6.07, 6.45) is 1.36. The molecule has 2 heterocycles. The highest BCUT2D eigenvalue weighted by Crippen LogP contribution is 2.24. The number of alkyl halides is 2. The van der Waals surface area contributed by atoms with E-state index in [-0.39, 0.29) is 22.2 Å². The third-order valence-electron chi connectivity index (χ3n) is 3.73. The van der Waals surface area contributed by atoms with E-state index in [2.05, 4.69) is 19.9 Å². The van der Waals surface area contributed by atoms with Crippen molar-refractivity contribution in [1.82, 2.24) is 24.5 Å². The zero-order chi connectivity index (χ0) is 19.8. The molecular formula is C15H15ClF2N6O2S. The molecule has 0 unspecified atom stereocenters. The van der Waals surface area contributed by atoms with Crippen LogP contribution in [-0.2, 0) is 16.6 Å². The summed E-state index contributed by atoms with van der Waals surface area (Å²) in [5, 5.41) is 8.22. The number of halogens is 3. The lowest BCUT2D eigenvalue weighted by atomic mass is 10.2. The molecule has 0 saturated heterocycles. The van der Waals surface area contributed by atoms with Gasteiger partial charge in [0.25, 0.3) is 16.0 Å². The summed E-state index contributed by atoms with van der Waals surface area (Å²) in [6.45, 7) is 0.0115. The fraction of sp³-hybridized carbons (Fsp3) is 0.267. The molecule has 0 radical (unpaired) electrons. The van der Waals surface area contributed by atoms with Crippen LogP contribution in [0.4, 0.5) is 14.7 Å². The van der Waals surface area contributed by atoms with Crippen LogP contribution in [0.1, 0.15) is 23.5 Å². The molecule has 1 aromatic carbocycles. The Hall–Kier alpha value is -2.53. The number of rotatable bonds is 6. The standard InChI is InChI=1S/C15H15ClF2N6O2S/c1-9-13(10(2)24(20-9)14(17)18)27(25,26)22-15-19-8-23(21-15)7-11-3-5-12(16)6-4-11/h3-6,8,14H,7H2,1-2H3,(H,21,22). The molecular weight excluding hydrogens is 402 g/mol. The van der Waals surface area contributed by atoms with Crippen molar-refractivity contribution >= 4 is 27.6 Å². The molecule has 0 amide bonds. The van der Waals surface area contributed by atoms with E-state index in [0.29, 0.717) is 16.2 Å². The lowest BCUT2D eigenvalue weighted by Gasteiger charge is -2.06. The van der Waals surface area contributed by atoms with Crippen molar-refractivity contribution in [2.24, 2.45) is 0 Å². The molecule has 3 rings (SSSR count). The maximum absolute atomic E-state index is 12.9. The molecule has 0 saturated carbocycles. The second-order valence-corrected chi connectivity index (χ2v) is 7.78. The van der Waals surface area contributed by atoms with E-state index >= 15 is 0 Å². The van der Waals surface area contributed by atoms with Crippen LogP contribution >= 0.6 is 11.6 Å². The second-order valence-electron chi connectivity index (χ2n) is 5.72. The van der Waals surface area contributed by atoms with Gasteiger partial charge in [0.15, 0.2) is 0 Å². The average molecular weight is 417 g/mol. The number of aryl methyl sites for hydroxylation is 1. The molecule has 0 bridgehead atoms. The molecule has 0 aliphatic rings. The summed E-state index contributed by atoms with van der Waals surface area (Å²) in [7, 11) is -4.17. The van der Waals surface area contributed by atoms with Crippen molar-refractivity contribution < 1.29 is 17.2 Å². The fourth-order valence-corrected chi connectivity index (χ4v) is 4.07. The van der Waals surface area contributed by atoms with Crippen molar-refractivity contribution in [2.45, 2.75) is 31.8 Å². The number of anilines is 1. The number of benzene rings is 1. The van der Waals surface area contributed by atoms with Crippen molar-refractivity contribution in [3.63, 3.8) is 0 Å². The van der Waals surface area contributed by atoms with Crippen molar-refractivity contribution in [2.75, 3.05) is 4.72 Å². The third kappa shape index (κ3) is 4.08. The lowest BCUT2D eigenvalue weighted by Crippen LogP contribution is -2.16. The van der Waals surface area contributed by atoms with E-state index in [9.17, 15) is 17.2 Å². The normalized spacial score (nSPS) is 11.9. The van der Waals surface area contributed by atoms with Gasteiger partial charge in [-0.3, -0.25) is 0 Å². The molecule has 12 heteroatoms. The minimum Gasteiger partial charge on any atom is -0.246 e. The van der Waals surface area contributed by atoms with Gasteiger partial charge < -0.3 is 0 Å². The first kappa shape index (κ1) is 19.2. The highest BCUT2D eigenvalue weighted by Gasteiger charge is 2.28. The zero-order valence-corrected chi connectivity index (χ0v) is 15.8. The minimum atomic E-state index is -4.17. The average Bonchev–Trinajstić information content (AvgIpc) is 3.13. The van der Waals surface area contributed by atoms with Crippen molar-refractivity contribution in [3.8, 4) is 0 Å². The third-order valence-corrected chi connectivity index (χ3v) is 5.56. The minimum absolute atomic E-state index is 0.0408. The SMILES string of the molecule is Cc1nn(C(F)F)c(C)c1S(=O)(=O)Nc1ncn(Cc2ccc(Cl)cc2)n1. The first-order valence-corrected chi connectivity index (χ1v) is 9.54. The number of nitrogens with one attached hydrogen (secondary N) is 1. The number of nitrogens with zero attached hydrogens (tertiary/aromatic N) is 5. The van der Waals surface area contributed by atoms with E-state index < -0.39 is 16.6 Å². The molecule has 0 fully saturated rings. The topological polar surface area (TPSA) is 94.7 Å². The molecule has 0 atom stereocenters. The molecule has 3 aromatic rings. The van der Waals surface area contributed by atoms with Gasteiger partial charge in [0.2, 0.25) is 0 Å². The summed E-state index contributed by atoms with van der Waals surface area (Å²) in [5.41, 5.74) is 0.681. The molecule has 0 aliphatic heterocycles. The van der Waals surface area contributed by atoms with Gasteiger partial charge >= 0.3 is 6.55 Å². The van der Waals surface area contributed by atoms with E-state index in [1.54, 1.807) is 24.3 Å². The molecule has 27 heavy (non-hydrogen) atoms. The summed E-state index contributed by atoms with van der Waals surface area (Å²) >= 11 is 5.83. The first-order valence-electron chi connectivity index (χ1n) is 7.68. The smallest absolute Gasteiger partial charge is 0.246 e. The van der Waals surface area contributed by atoms with Crippen LogP contribution in [0.25, 0.3) is 0 Å². The molecule has 144 valence electrons.